The lowest BCUT2D eigenvalue weighted by atomic mass is 9.97. The van der Waals surface area contributed by atoms with Crippen molar-refractivity contribution in [3.05, 3.63) is 33.9 Å². The zero-order valence-corrected chi connectivity index (χ0v) is 16.4. The summed E-state index contributed by atoms with van der Waals surface area (Å²) in [4.78, 5) is 27.7. The summed E-state index contributed by atoms with van der Waals surface area (Å²) < 4.78 is 11.3. The molecule has 27 heavy (non-hydrogen) atoms. The van der Waals surface area contributed by atoms with E-state index in [0.717, 1.165) is 0 Å². The normalized spacial score (nSPS) is 21.8. The highest BCUT2D eigenvalue weighted by Crippen LogP contribution is 2.36. The highest BCUT2D eigenvalue weighted by Gasteiger charge is 2.40. The Labute approximate surface area is 159 Å². The highest BCUT2D eigenvalue weighted by molar-refractivity contribution is 5.96. The molecule has 0 spiro atoms. The molecule has 2 aliphatic rings. The molecular weight excluding hydrogens is 350 g/mol. The summed E-state index contributed by atoms with van der Waals surface area (Å²) in [5.74, 6) is -0.199. The molecule has 1 aromatic rings. The Balaban J connectivity index is 1.92. The Kier molecular flexibility index (Phi) is 5.14. The van der Waals surface area contributed by atoms with Gasteiger partial charge in [0, 0.05) is 37.8 Å². The number of benzene rings is 1. The zero-order chi connectivity index (χ0) is 19.8. The average Bonchev–Trinajstić information content (AvgIpc) is 2.58. The van der Waals surface area contributed by atoms with E-state index in [1.165, 1.54) is 6.07 Å². The molecule has 2 aliphatic heterocycles. The molecule has 1 amide bonds. The van der Waals surface area contributed by atoms with Gasteiger partial charge in [-0.1, -0.05) is 0 Å². The van der Waals surface area contributed by atoms with Gasteiger partial charge in [0.2, 0.25) is 0 Å². The Morgan fingerprint density at radius 2 is 1.70 bits per heavy atom. The molecule has 8 heteroatoms. The average molecular weight is 377 g/mol. The van der Waals surface area contributed by atoms with E-state index < -0.39 is 16.1 Å². The van der Waals surface area contributed by atoms with Crippen LogP contribution in [0.25, 0.3) is 0 Å². The van der Waals surface area contributed by atoms with E-state index in [1.807, 2.05) is 32.6 Å². The van der Waals surface area contributed by atoms with E-state index in [1.54, 1.807) is 17.0 Å². The molecule has 0 saturated carbocycles. The van der Waals surface area contributed by atoms with Gasteiger partial charge in [-0.3, -0.25) is 14.9 Å². The van der Waals surface area contributed by atoms with Crippen LogP contribution in [0.1, 0.15) is 38.1 Å². The lowest BCUT2D eigenvalue weighted by molar-refractivity contribution is -0.384. The molecule has 0 N–H and O–H groups in total. The van der Waals surface area contributed by atoms with E-state index in [9.17, 15) is 14.9 Å². The van der Waals surface area contributed by atoms with E-state index >= 15 is 0 Å². The molecule has 0 radical (unpaired) electrons. The Morgan fingerprint density at radius 3 is 2.26 bits per heavy atom. The number of amides is 1. The van der Waals surface area contributed by atoms with Gasteiger partial charge in [-0.05, 0) is 39.8 Å². The fourth-order valence-electron chi connectivity index (χ4n) is 3.98. The summed E-state index contributed by atoms with van der Waals surface area (Å²) >= 11 is 0. The number of carbonyl (C=O) groups is 1. The third kappa shape index (κ3) is 4.39. The number of nitro benzene ring substituents is 1. The van der Waals surface area contributed by atoms with Gasteiger partial charge >= 0.3 is 0 Å². The number of ether oxygens (including phenoxy) is 2. The minimum atomic E-state index is -0.433. The van der Waals surface area contributed by atoms with Gasteiger partial charge in [-0.15, -0.1) is 0 Å². The molecule has 2 fully saturated rings. The van der Waals surface area contributed by atoms with E-state index in [2.05, 4.69) is 0 Å². The summed E-state index contributed by atoms with van der Waals surface area (Å²) in [6, 6.07) is 4.75. The number of hydrogen-bond acceptors (Lipinski definition) is 6. The van der Waals surface area contributed by atoms with Crippen molar-refractivity contribution in [1.82, 2.24) is 4.90 Å². The smallest absolute Gasteiger partial charge is 0.293 e. The number of carbonyl (C=O) groups excluding carboxylic acids is 1. The van der Waals surface area contributed by atoms with Crippen LogP contribution in [0.4, 0.5) is 11.4 Å². The maximum atomic E-state index is 12.7. The molecule has 148 valence electrons. The molecule has 0 atom stereocenters. The number of nitrogens with zero attached hydrogens (tertiary/aromatic N) is 3. The van der Waals surface area contributed by atoms with Crippen molar-refractivity contribution in [2.24, 2.45) is 0 Å². The largest absolute Gasteiger partial charge is 0.378 e. The predicted molar refractivity (Wildman–Crippen MR) is 101 cm³/mol. The van der Waals surface area contributed by atoms with Crippen LogP contribution in [0.3, 0.4) is 0 Å². The molecule has 8 nitrogen and oxygen atoms in total. The summed E-state index contributed by atoms with van der Waals surface area (Å²) in [7, 11) is 0. The van der Waals surface area contributed by atoms with Gasteiger partial charge in [0.1, 0.15) is 5.69 Å². The summed E-state index contributed by atoms with van der Waals surface area (Å²) in [5, 5.41) is 11.7. The third-order valence-corrected chi connectivity index (χ3v) is 4.75. The van der Waals surface area contributed by atoms with Crippen LogP contribution in [0.2, 0.25) is 0 Å². The maximum absolute atomic E-state index is 12.7. The first-order valence-corrected chi connectivity index (χ1v) is 9.19. The molecule has 1 aromatic carbocycles. The molecule has 0 unspecified atom stereocenters. The van der Waals surface area contributed by atoms with Crippen LogP contribution in [-0.4, -0.2) is 66.3 Å². The van der Waals surface area contributed by atoms with E-state index in [4.69, 9.17) is 9.47 Å². The second-order valence-corrected chi connectivity index (χ2v) is 8.34. The monoisotopic (exact) mass is 377 g/mol. The SMILES string of the molecule is CC1(C)CN(c2ccc(C(=O)N3CCOCC3)cc2[N+](=O)[O-])CC(C)(C)O1. The van der Waals surface area contributed by atoms with Crippen molar-refractivity contribution in [3.8, 4) is 0 Å². The number of hydrogen-bond donors (Lipinski definition) is 0. The van der Waals surface area contributed by atoms with Crippen molar-refractivity contribution >= 4 is 17.3 Å². The second-order valence-electron chi connectivity index (χ2n) is 8.34. The van der Waals surface area contributed by atoms with Crippen molar-refractivity contribution in [1.29, 1.82) is 0 Å². The lowest BCUT2D eigenvalue weighted by Crippen LogP contribution is -2.57. The first-order valence-electron chi connectivity index (χ1n) is 9.19. The standard InChI is InChI=1S/C19H27N3O5/c1-18(2)12-21(13-19(3,4)27-18)15-6-5-14(11-16(15)22(24)25)17(23)20-7-9-26-10-8-20/h5-6,11H,7-10,12-13H2,1-4H3. The van der Waals surface area contributed by atoms with Gasteiger partial charge in [0.05, 0.1) is 29.3 Å². The molecular formula is C19H27N3O5. The summed E-state index contributed by atoms with van der Waals surface area (Å²) in [6.07, 6.45) is 0. The minimum absolute atomic E-state index is 0.0531. The van der Waals surface area contributed by atoms with E-state index in [0.29, 0.717) is 50.6 Å². The van der Waals surface area contributed by atoms with Gasteiger partial charge in [-0.25, -0.2) is 0 Å². The fourth-order valence-corrected chi connectivity index (χ4v) is 3.98. The topological polar surface area (TPSA) is 85.2 Å². The van der Waals surface area contributed by atoms with Gasteiger partial charge < -0.3 is 19.3 Å². The van der Waals surface area contributed by atoms with E-state index in [-0.39, 0.29) is 11.6 Å². The second kappa shape index (κ2) is 7.09. The van der Waals surface area contributed by atoms with Gasteiger partial charge in [0.25, 0.3) is 11.6 Å². The molecule has 2 heterocycles. The number of rotatable bonds is 3. The molecule has 2 saturated heterocycles. The Bertz CT molecular complexity index is 725. The summed E-state index contributed by atoms with van der Waals surface area (Å²) in [5.41, 5.74) is -0.0692. The zero-order valence-electron chi connectivity index (χ0n) is 16.4. The van der Waals surface area contributed by atoms with Crippen molar-refractivity contribution in [2.75, 3.05) is 44.3 Å². The van der Waals surface area contributed by atoms with Crippen LogP contribution < -0.4 is 4.90 Å². The fraction of sp³-hybridized carbons (Fsp3) is 0.632. The predicted octanol–water partition coefficient (Wildman–Crippen LogP) is 2.46. The van der Waals surface area contributed by atoms with Crippen LogP contribution in [0, 0.1) is 10.1 Å². The number of anilines is 1. The molecule has 0 aromatic heterocycles. The molecule has 0 bridgehead atoms. The first-order chi connectivity index (χ1) is 12.6. The van der Waals surface area contributed by atoms with Gasteiger partial charge in [0.15, 0.2) is 0 Å². The number of morpholine rings is 2. The van der Waals surface area contributed by atoms with Crippen LogP contribution in [-0.2, 0) is 9.47 Å². The first kappa shape index (κ1) is 19.6. The summed E-state index contributed by atoms with van der Waals surface area (Å²) in [6.45, 7) is 11.0. The van der Waals surface area contributed by atoms with Crippen LogP contribution >= 0.6 is 0 Å². The maximum Gasteiger partial charge on any atom is 0.293 e. The molecule has 0 aliphatic carbocycles. The van der Waals surface area contributed by atoms with Crippen molar-refractivity contribution in [3.63, 3.8) is 0 Å². The Hall–Kier alpha value is -2.19. The third-order valence-electron chi connectivity index (χ3n) is 4.75. The highest BCUT2D eigenvalue weighted by atomic mass is 16.6. The van der Waals surface area contributed by atoms with Crippen molar-refractivity contribution < 1.29 is 19.2 Å². The van der Waals surface area contributed by atoms with Crippen LogP contribution in [0.5, 0.6) is 0 Å². The number of nitro groups is 1. The van der Waals surface area contributed by atoms with Crippen molar-refractivity contribution in [2.45, 2.75) is 38.9 Å². The van der Waals surface area contributed by atoms with Gasteiger partial charge in [-0.2, -0.15) is 0 Å². The molecule has 3 rings (SSSR count). The lowest BCUT2D eigenvalue weighted by Gasteiger charge is -2.47. The quantitative estimate of drug-likeness (QED) is 0.594. The Morgan fingerprint density at radius 1 is 1.11 bits per heavy atom. The minimum Gasteiger partial charge on any atom is -0.378 e. The van der Waals surface area contributed by atoms with Crippen LogP contribution in [0.15, 0.2) is 18.2 Å².